The molecule has 35 heavy (non-hydrogen) atoms. The minimum absolute atomic E-state index is 0.0812. The molecule has 2 aliphatic rings. The molecule has 2 atom stereocenters. The van der Waals surface area contributed by atoms with Gasteiger partial charge in [0.2, 0.25) is 19.7 Å². The normalized spacial score (nSPS) is 25.1. The highest BCUT2D eigenvalue weighted by Crippen LogP contribution is 2.23. The van der Waals surface area contributed by atoms with Crippen LogP contribution in [0.4, 0.5) is 8.78 Å². The molecule has 0 aromatic heterocycles. The van der Waals surface area contributed by atoms with Gasteiger partial charge in [-0.15, -0.1) is 0 Å². The number of azo groups is 3. The van der Waals surface area contributed by atoms with Crippen molar-refractivity contribution in [3.63, 3.8) is 0 Å². The summed E-state index contributed by atoms with van der Waals surface area (Å²) in [4.78, 5) is 36.7. The van der Waals surface area contributed by atoms with Gasteiger partial charge in [0.15, 0.2) is 6.21 Å². The molecule has 0 aliphatic carbocycles. The van der Waals surface area contributed by atoms with Crippen LogP contribution >= 0.6 is 0 Å². The van der Waals surface area contributed by atoms with E-state index >= 15 is 0 Å². The van der Waals surface area contributed by atoms with Gasteiger partial charge in [0.05, 0.1) is 14.8 Å². The average molecular weight is 518 g/mol. The van der Waals surface area contributed by atoms with Crippen LogP contribution in [0.25, 0.3) is 0 Å². The highest BCUT2D eigenvalue weighted by Gasteiger charge is 2.74. The first-order valence-corrected chi connectivity index (χ1v) is 7.59. The van der Waals surface area contributed by atoms with Gasteiger partial charge in [-0.1, -0.05) is 15.8 Å². The number of halogens is 2. The molecule has 2 aliphatic heterocycles. The molecular formula is C6H4F2N14O13. The number of oxime groups is 2. The first-order valence-electron chi connectivity index (χ1n) is 7.59. The summed E-state index contributed by atoms with van der Waals surface area (Å²) in [6.07, 6.45) is 0.226. The van der Waals surface area contributed by atoms with E-state index in [9.17, 15) is 64.9 Å². The van der Waals surface area contributed by atoms with Crippen LogP contribution in [0.15, 0.2) is 25.7 Å². The van der Waals surface area contributed by atoms with Crippen LogP contribution in [0.5, 0.6) is 0 Å². The zero-order chi connectivity index (χ0) is 26.8. The van der Waals surface area contributed by atoms with Gasteiger partial charge in [-0.25, -0.2) is 40.5 Å². The van der Waals surface area contributed by atoms with Gasteiger partial charge >= 0.3 is 23.7 Å². The number of hydrogen-bond donors (Lipinski definition) is 2. The third-order valence-corrected chi connectivity index (χ3v) is 3.40. The fourth-order valence-electron chi connectivity index (χ4n) is 1.76. The molecule has 2 heterocycles. The number of rotatable bonds is 10. The number of hydrogen-bond acceptors (Lipinski definition) is 20. The summed E-state index contributed by atoms with van der Waals surface area (Å²) in [6, 6.07) is -10.4. The van der Waals surface area contributed by atoms with Crippen molar-refractivity contribution in [2.45, 2.75) is 23.7 Å². The molecule has 0 aromatic carbocycles. The molecule has 29 heteroatoms. The predicted octanol–water partition coefficient (Wildman–Crippen LogP) is -2.51. The van der Waals surface area contributed by atoms with E-state index in [0.29, 0.717) is 0 Å². The molecule has 0 radical (unpaired) electrons. The predicted molar refractivity (Wildman–Crippen MR) is 84.7 cm³/mol. The summed E-state index contributed by atoms with van der Waals surface area (Å²) < 4.78 is 28.0. The van der Waals surface area contributed by atoms with Crippen LogP contribution in [0, 0.1) is 56.1 Å². The minimum atomic E-state index is -5.22. The maximum absolute atomic E-state index is 14.0. The van der Waals surface area contributed by atoms with Gasteiger partial charge in [0, 0.05) is 10.2 Å². The molecule has 0 amide bonds. The van der Waals surface area contributed by atoms with E-state index in [0.717, 1.165) is 0 Å². The molecule has 2 unspecified atom stereocenters. The zero-order valence-corrected chi connectivity index (χ0v) is 15.6. The highest BCUT2D eigenvalue weighted by molar-refractivity contribution is 5.69. The Morgan fingerprint density at radius 2 is 1.14 bits per heavy atom. The molecular weight excluding hydrogens is 514 g/mol. The van der Waals surface area contributed by atoms with Crippen molar-refractivity contribution in [2.24, 2.45) is 25.7 Å². The molecule has 0 saturated heterocycles. The van der Waals surface area contributed by atoms with Gasteiger partial charge in [-0.2, -0.15) is 0 Å². The van der Waals surface area contributed by atoms with Crippen LogP contribution in [-0.2, 0) is 9.88 Å². The second kappa shape index (κ2) is 8.46. The fourth-order valence-corrected chi connectivity index (χ4v) is 1.76. The van der Waals surface area contributed by atoms with E-state index in [1.165, 1.54) is 11.0 Å². The Labute approximate surface area is 183 Å². The van der Waals surface area contributed by atoms with Crippen LogP contribution in [0.2, 0.25) is 0 Å². The van der Waals surface area contributed by atoms with E-state index in [1.807, 2.05) is 0 Å². The van der Waals surface area contributed by atoms with Gasteiger partial charge in [-0.05, 0) is 19.1 Å². The van der Waals surface area contributed by atoms with E-state index < -0.39 is 57.9 Å². The Morgan fingerprint density at radius 1 is 0.714 bits per heavy atom. The van der Waals surface area contributed by atoms with Crippen molar-refractivity contribution in [1.82, 2.24) is 11.0 Å². The maximum Gasteiger partial charge on any atom is 0.866 e. The standard InChI is InChI=1S/C6H4F2N14O13/c7-5(19(26)27,20(28)29)17(24)12-3(1-9-34-14-3)11-16(23)4(2-10-35-15-4)13-18(25)6(8,21(30)31)22(32)33/h1-2,14-15H. The summed E-state index contributed by atoms with van der Waals surface area (Å²) in [6.45, 7) is 0. The third kappa shape index (κ3) is 4.15. The Bertz CT molecular complexity index is 1090. The van der Waals surface area contributed by atoms with E-state index in [2.05, 4.69) is 35.5 Å². The summed E-state index contributed by atoms with van der Waals surface area (Å²) in [5.41, 5.74) is 2.86. The quantitative estimate of drug-likeness (QED) is 0.0752. The number of nitrogens with one attached hydrogen (secondary N) is 2. The lowest BCUT2D eigenvalue weighted by Crippen LogP contribution is -2.56. The Hall–Kier alpha value is -5.48. The SMILES string of the molecule is O=[N+]([O-])C(F)([N+](=O)[O-])[N+]([O-])=NC1(N=[N+]([O-])C2(N=[N+]([O-])C(F)([N+](=O)[O-])[N+](=O)[O-])C=NON2)C=NON1. The van der Waals surface area contributed by atoms with Gasteiger partial charge < -0.3 is 15.6 Å². The summed E-state index contributed by atoms with van der Waals surface area (Å²) >= 11 is 0. The molecule has 190 valence electrons. The topological polar surface area (TPSA) is 355 Å². The van der Waals surface area contributed by atoms with Crippen LogP contribution in [0.1, 0.15) is 0 Å². The van der Waals surface area contributed by atoms with Crippen molar-refractivity contribution in [3.8, 4) is 0 Å². The molecule has 0 spiro atoms. The molecule has 0 saturated carbocycles. The lowest BCUT2D eigenvalue weighted by molar-refractivity contribution is -1.02. The first kappa shape index (κ1) is 25.8. The fraction of sp³-hybridized carbons (Fsp3) is 0.667. The van der Waals surface area contributed by atoms with Crippen molar-refractivity contribution < 1.29 is 52.9 Å². The van der Waals surface area contributed by atoms with Crippen LogP contribution in [0.3, 0.4) is 0 Å². The highest BCUT2D eigenvalue weighted by atomic mass is 19.2. The average Bonchev–Trinajstić information content (AvgIpc) is 3.42. The van der Waals surface area contributed by atoms with Crippen molar-refractivity contribution in [3.05, 3.63) is 56.1 Å². The first-order chi connectivity index (χ1) is 16.1. The molecule has 27 nitrogen and oxygen atoms in total. The summed E-state index contributed by atoms with van der Waals surface area (Å²) in [5.74, 6) is -6.61. The van der Waals surface area contributed by atoms with Crippen molar-refractivity contribution >= 4 is 12.4 Å². The lowest BCUT2D eigenvalue weighted by Gasteiger charge is -2.16. The van der Waals surface area contributed by atoms with E-state index in [4.69, 9.17) is 0 Å². The lowest BCUT2D eigenvalue weighted by atomic mass is 10.4. The molecule has 0 fully saturated rings. The number of nitro groups is 4. The zero-order valence-electron chi connectivity index (χ0n) is 15.6. The minimum Gasteiger partial charge on any atom is -0.596 e. The third-order valence-electron chi connectivity index (χ3n) is 3.40. The second-order valence-corrected chi connectivity index (χ2v) is 5.56. The van der Waals surface area contributed by atoms with Crippen molar-refractivity contribution in [2.75, 3.05) is 0 Å². The largest absolute Gasteiger partial charge is 0.866 e. The monoisotopic (exact) mass is 518 g/mol. The maximum atomic E-state index is 14.0. The molecule has 0 bridgehead atoms. The van der Waals surface area contributed by atoms with Gasteiger partial charge in [-0.3, -0.25) is 9.88 Å². The van der Waals surface area contributed by atoms with Crippen molar-refractivity contribution in [1.29, 1.82) is 0 Å². The van der Waals surface area contributed by atoms with E-state index in [1.54, 1.807) is 0 Å². The Kier molecular flexibility index (Phi) is 6.23. The number of nitrogens with zero attached hydrogens (tertiary/aromatic N) is 12. The smallest absolute Gasteiger partial charge is 0.596 e. The molecule has 2 rings (SSSR count). The summed E-state index contributed by atoms with van der Waals surface area (Å²) in [5, 5.41) is 92.3. The number of alkyl halides is 2. The van der Waals surface area contributed by atoms with Gasteiger partial charge in [0.25, 0.3) is 0 Å². The van der Waals surface area contributed by atoms with E-state index in [-0.39, 0.29) is 12.4 Å². The molecule has 0 aromatic rings. The van der Waals surface area contributed by atoms with Gasteiger partial charge in [0.1, 0.15) is 6.21 Å². The van der Waals surface area contributed by atoms with Crippen LogP contribution in [-0.4, -0.2) is 70.4 Å². The molecule has 2 N–H and O–H groups in total. The summed E-state index contributed by atoms with van der Waals surface area (Å²) in [7, 11) is 0. The van der Waals surface area contributed by atoms with Crippen LogP contribution < -0.4 is 11.0 Å². The Balaban J connectivity index is 2.66. The number of hydroxylamine groups is 5. The second-order valence-electron chi connectivity index (χ2n) is 5.56. The Morgan fingerprint density at radius 3 is 1.51 bits per heavy atom.